The number of rotatable bonds is 2. The van der Waals surface area contributed by atoms with Crippen LogP contribution < -0.4 is 4.74 Å². The lowest BCUT2D eigenvalue weighted by atomic mass is 10.5. The molecule has 50 valence electrons. The first-order valence-electron chi connectivity index (χ1n) is 2.72. The number of aromatic nitrogens is 2. The van der Waals surface area contributed by atoms with Crippen LogP contribution in [0, 0.1) is 0 Å². The van der Waals surface area contributed by atoms with Gasteiger partial charge in [0.25, 0.3) is 0 Å². The number of ether oxygens (including phenoxy) is 1. The van der Waals surface area contributed by atoms with E-state index in [4.69, 9.17) is 4.74 Å². The highest BCUT2D eigenvalue weighted by atomic mass is 32.1. The van der Waals surface area contributed by atoms with Gasteiger partial charge in [-0.25, -0.2) is 0 Å². The van der Waals surface area contributed by atoms with Crippen LogP contribution in [0.3, 0.4) is 0 Å². The second kappa shape index (κ2) is 2.77. The summed E-state index contributed by atoms with van der Waals surface area (Å²) in [6.45, 7) is 3.89. The molecule has 1 rings (SSSR count). The van der Waals surface area contributed by atoms with Crippen LogP contribution in [0.25, 0.3) is 0 Å². The molecular weight excluding hydrogens is 136 g/mol. The minimum Gasteiger partial charge on any atom is -0.460 e. The molecule has 0 N–H and O–H groups in total. The van der Waals surface area contributed by atoms with Crippen LogP contribution in [0.15, 0.2) is 5.51 Å². The first kappa shape index (κ1) is 6.48. The highest BCUT2D eigenvalue weighted by Gasteiger charge is 1.98. The summed E-state index contributed by atoms with van der Waals surface area (Å²) in [5, 5.41) is 0. The molecule has 0 saturated carbocycles. The maximum Gasteiger partial charge on any atom is 0.328 e. The van der Waals surface area contributed by atoms with E-state index in [-0.39, 0.29) is 6.10 Å². The van der Waals surface area contributed by atoms with E-state index < -0.39 is 0 Å². The van der Waals surface area contributed by atoms with Crippen molar-refractivity contribution in [1.82, 2.24) is 9.36 Å². The third kappa shape index (κ3) is 1.97. The first-order chi connectivity index (χ1) is 4.29. The molecule has 0 spiro atoms. The highest BCUT2D eigenvalue weighted by Crippen LogP contribution is 2.04. The van der Waals surface area contributed by atoms with E-state index in [9.17, 15) is 0 Å². The molecular formula is C5H8N2OS. The summed E-state index contributed by atoms with van der Waals surface area (Å²) in [6.07, 6.45) is 0.166. The molecule has 0 bridgehead atoms. The van der Waals surface area contributed by atoms with Crippen molar-refractivity contribution < 1.29 is 4.74 Å². The van der Waals surface area contributed by atoms with Gasteiger partial charge in [0, 0.05) is 0 Å². The molecule has 0 saturated heterocycles. The van der Waals surface area contributed by atoms with Gasteiger partial charge in [0.05, 0.1) is 6.10 Å². The smallest absolute Gasteiger partial charge is 0.328 e. The van der Waals surface area contributed by atoms with Crippen molar-refractivity contribution in [3.63, 3.8) is 0 Å². The fourth-order valence-corrected chi connectivity index (χ4v) is 0.788. The van der Waals surface area contributed by atoms with E-state index in [1.807, 2.05) is 13.8 Å². The molecule has 3 nitrogen and oxygen atoms in total. The predicted molar refractivity (Wildman–Crippen MR) is 35.7 cm³/mol. The molecule has 0 aliphatic carbocycles. The summed E-state index contributed by atoms with van der Waals surface area (Å²) in [4.78, 5) is 3.84. The van der Waals surface area contributed by atoms with Crippen molar-refractivity contribution in [3.8, 4) is 6.01 Å². The second-order valence-electron chi connectivity index (χ2n) is 1.88. The maximum absolute atomic E-state index is 5.14. The van der Waals surface area contributed by atoms with Crippen LogP contribution in [-0.2, 0) is 0 Å². The van der Waals surface area contributed by atoms with Gasteiger partial charge in [-0.3, -0.25) is 0 Å². The maximum atomic E-state index is 5.14. The van der Waals surface area contributed by atoms with Crippen molar-refractivity contribution in [2.24, 2.45) is 0 Å². The second-order valence-corrected chi connectivity index (χ2v) is 2.48. The lowest BCUT2D eigenvalue weighted by Crippen LogP contribution is -2.06. The largest absolute Gasteiger partial charge is 0.460 e. The molecule has 0 fully saturated rings. The van der Waals surface area contributed by atoms with Crippen molar-refractivity contribution in [1.29, 1.82) is 0 Å². The molecule has 0 amide bonds. The zero-order valence-corrected chi connectivity index (χ0v) is 6.18. The molecule has 1 aromatic rings. The predicted octanol–water partition coefficient (Wildman–Crippen LogP) is 1.33. The lowest BCUT2D eigenvalue weighted by molar-refractivity contribution is 0.225. The summed E-state index contributed by atoms with van der Waals surface area (Å²) >= 11 is 1.30. The molecule has 0 atom stereocenters. The molecule has 1 heterocycles. The minimum absolute atomic E-state index is 0.166. The van der Waals surface area contributed by atoms with E-state index in [0.717, 1.165) is 0 Å². The SMILES string of the molecule is CC(C)Oc1ncsn1. The van der Waals surface area contributed by atoms with Gasteiger partial charge in [-0.15, -0.1) is 4.37 Å². The van der Waals surface area contributed by atoms with Gasteiger partial charge in [0.2, 0.25) is 0 Å². The number of hydrogen-bond acceptors (Lipinski definition) is 4. The zero-order valence-electron chi connectivity index (χ0n) is 5.37. The van der Waals surface area contributed by atoms with Crippen molar-refractivity contribution in [3.05, 3.63) is 5.51 Å². The normalized spacial score (nSPS) is 10.1. The van der Waals surface area contributed by atoms with Gasteiger partial charge in [0.15, 0.2) is 0 Å². The van der Waals surface area contributed by atoms with E-state index in [2.05, 4.69) is 9.36 Å². The quantitative estimate of drug-likeness (QED) is 0.628. The van der Waals surface area contributed by atoms with Gasteiger partial charge in [-0.2, -0.15) is 4.98 Å². The Kier molecular flexibility index (Phi) is 2.00. The van der Waals surface area contributed by atoms with Gasteiger partial charge in [0.1, 0.15) is 5.51 Å². The standard InChI is InChI=1S/C5H8N2OS/c1-4(2)8-5-6-3-9-7-5/h3-4H,1-2H3. The number of hydrogen-bond donors (Lipinski definition) is 0. The van der Waals surface area contributed by atoms with Crippen LogP contribution in [0.2, 0.25) is 0 Å². The molecule has 0 radical (unpaired) electrons. The summed E-state index contributed by atoms with van der Waals surface area (Å²) in [5.74, 6) is 0. The van der Waals surface area contributed by atoms with Crippen LogP contribution in [0.4, 0.5) is 0 Å². The Morgan fingerprint density at radius 1 is 1.67 bits per heavy atom. The molecule has 1 aromatic heterocycles. The molecule has 0 aromatic carbocycles. The summed E-state index contributed by atoms with van der Waals surface area (Å²) in [6, 6.07) is 0.481. The Bertz CT molecular complexity index is 161. The third-order valence-electron chi connectivity index (χ3n) is 0.682. The average molecular weight is 144 g/mol. The summed E-state index contributed by atoms with van der Waals surface area (Å²) < 4.78 is 9.01. The lowest BCUT2D eigenvalue weighted by Gasteiger charge is -2.02. The molecule has 4 heteroatoms. The Balaban J connectivity index is 2.48. The highest BCUT2D eigenvalue weighted by molar-refractivity contribution is 7.03. The minimum atomic E-state index is 0.166. The van der Waals surface area contributed by atoms with Gasteiger partial charge >= 0.3 is 6.01 Å². The topological polar surface area (TPSA) is 35.0 Å². The monoisotopic (exact) mass is 144 g/mol. The Hall–Kier alpha value is -0.640. The fourth-order valence-electron chi connectivity index (χ4n) is 0.424. The van der Waals surface area contributed by atoms with E-state index in [0.29, 0.717) is 6.01 Å². The Morgan fingerprint density at radius 3 is 2.89 bits per heavy atom. The van der Waals surface area contributed by atoms with Crippen molar-refractivity contribution in [2.45, 2.75) is 20.0 Å². The van der Waals surface area contributed by atoms with Crippen LogP contribution in [-0.4, -0.2) is 15.5 Å². The average Bonchev–Trinajstić information content (AvgIpc) is 2.15. The zero-order chi connectivity index (χ0) is 6.69. The van der Waals surface area contributed by atoms with Crippen molar-refractivity contribution in [2.75, 3.05) is 0 Å². The van der Waals surface area contributed by atoms with Gasteiger partial charge in [-0.05, 0) is 25.4 Å². The molecule has 0 unspecified atom stereocenters. The van der Waals surface area contributed by atoms with E-state index >= 15 is 0 Å². The fraction of sp³-hybridized carbons (Fsp3) is 0.600. The van der Waals surface area contributed by atoms with Crippen molar-refractivity contribution >= 4 is 11.5 Å². The summed E-state index contributed by atoms with van der Waals surface area (Å²) in [7, 11) is 0. The number of nitrogens with zero attached hydrogens (tertiary/aromatic N) is 2. The van der Waals surface area contributed by atoms with Crippen LogP contribution in [0.1, 0.15) is 13.8 Å². The van der Waals surface area contributed by atoms with Crippen LogP contribution in [0.5, 0.6) is 6.01 Å². The Morgan fingerprint density at radius 2 is 2.44 bits per heavy atom. The molecule has 0 aliphatic rings. The third-order valence-corrected chi connectivity index (χ3v) is 1.14. The first-order valence-corrected chi connectivity index (χ1v) is 3.55. The van der Waals surface area contributed by atoms with E-state index in [1.54, 1.807) is 5.51 Å². The van der Waals surface area contributed by atoms with Gasteiger partial charge < -0.3 is 4.74 Å². The van der Waals surface area contributed by atoms with Crippen LogP contribution >= 0.6 is 11.5 Å². The summed E-state index contributed by atoms with van der Waals surface area (Å²) in [5.41, 5.74) is 1.65. The Labute approximate surface area is 57.9 Å². The van der Waals surface area contributed by atoms with E-state index in [1.165, 1.54) is 11.5 Å². The molecule has 0 aliphatic heterocycles. The van der Waals surface area contributed by atoms with Gasteiger partial charge in [-0.1, -0.05) is 0 Å². The molecule has 9 heavy (non-hydrogen) atoms.